The van der Waals surface area contributed by atoms with E-state index >= 15 is 0 Å². The maximum Gasteiger partial charge on any atom is 0.211 e. The third-order valence-electron chi connectivity index (χ3n) is 0.930. The molecular weight excluding hydrogens is 118 g/mol. The van der Waals surface area contributed by atoms with Crippen LogP contribution in [-0.4, -0.2) is 16.2 Å². The first-order valence-electron chi connectivity index (χ1n) is 2.52. The molecule has 1 rings (SSSR count). The third kappa shape index (κ3) is 1.28. The van der Waals surface area contributed by atoms with E-state index in [1.165, 1.54) is 0 Å². The fourth-order valence-electron chi connectivity index (χ4n) is 0.564. The molecule has 1 N–H and O–H groups in total. The average molecular weight is 127 g/mol. The Morgan fingerprint density at radius 3 is 3.22 bits per heavy atom. The maximum atomic E-state index is 9.84. The highest BCUT2D eigenvalue weighted by atomic mass is 16.1. The summed E-state index contributed by atoms with van der Waals surface area (Å²) in [7, 11) is 1.79. The Labute approximate surface area is 54.0 Å². The van der Waals surface area contributed by atoms with Crippen LogP contribution in [0.1, 0.15) is 1.43 Å². The topological polar surface area (TPSA) is 46.9 Å². The number of carbonyl (C=O) groups is 1. The van der Waals surface area contributed by atoms with Crippen LogP contribution in [0.3, 0.4) is 0 Å². The first-order chi connectivity index (χ1) is 4.33. The molecule has 0 atom stereocenters. The summed E-state index contributed by atoms with van der Waals surface area (Å²) in [6.45, 7) is 0. The lowest BCUT2D eigenvalue weighted by molar-refractivity contribution is -0.105. The number of amides is 1. The second-order valence-electron chi connectivity index (χ2n) is 1.66. The summed E-state index contributed by atoms with van der Waals surface area (Å²) in [5.41, 5.74) is 0.715. The van der Waals surface area contributed by atoms with Gasteiger partial charge in [-0.15, -0.1) is 0 Å². The Balaban J connectivity index is 0.000000810. The summed E-state index contributed by atoms with van der Waals surface area (Å²) < 4.78 is 1.62. The number of hydrogen-bond donors (Lipinski definition) is 1. The van der Waals surface area contributed by atoms with E-state index in [-0.39, 0.29) is 1.43 Å². The number of nitrogens with zero attached hydrogens (tertiary/aromatic N) is 2. The maximum absolute atomic E-state index is 9.84. The van der Waals surface area contributed by atoms with Crippen molar-refractivity contribution in [3.63, 3.8) is 0 Å². The number of aryl methyl sites for hydroxylation is 1. The minimum atomic E-state index is 0. The molecule has 0 aliphatic heterocycles. The smallest absolute Gasteiger partial charge is 0.211 e. The number of anilines is 1. The van der Waals surface area contributed by atoms with Crippen LogP contribution in [0.15, 0.2) is 12.4 Å². The summed E-state index contributed by atoms with van der Waals surface area (Å²) in [4.78, 5) is 9.84. The molecule has 0 aliphatic rings. The molecule has 9 heavy (non-hydrogen) atoms. The van der Waals surface area contributed by atoms with E-state index < -0.39 is 0 Å². The zero-order valence-corrected chi connectivity index (χ0v) is 5.03. The van der Waals surface area contributed by atoms with Gasteiger partial charge in [0.15, 0.2) is 0 Å². The standard InChI is InChI=1S/C5H7N3O.H2/c1-8-3-5(2-7-8)6-4-9;/h2-4H,1H3,(H,6,9);1H. The molecule has 1 heterocycles. The lowest BCUT2D eigenvalue weighted by Gasteiger charge is -1.85. The van der Waals surface area contributed by atoms with Gasteiger partial charge >= 0.3 is 0 Å². The molecular formula is C5H9N3O. The molecule has 0 unspecified atom stereocenters. The van der Waals surface area contributed by atoms with Gasteiger partial charge in [-0.2, -0.15) is 5.10 Å². The fraction of sp³-hybridized carbons (Fsp3) is 0.200. The van der Waals surface area contributed by atoms with E-state index in [4.69, 9.17) is 0 Å². The van der Waals surface area contributed by atoms with Crippen LogP contribution < -0.4 is 5.32 Å². The zero-order valence-electron chi connectivity index (χ0n) is 5.03. The first-order valence-corrected chi connectivity index (χ1v) is 2.52. The summed E-state index contributed by atoms with van der Waals surface area (Å²) in [5.74, 6) is 0. The highest BCUT2D eigenvalue weighted by Gasteiger charge is 1.89. The zero-order chi connectivity index (χ0) is 6.69. The van der Waals surface area contributed by atoms with Gasteiger partial charge in [0.25, 0.3) is 0 Å². The average Bonchev–Trinajstić information content (AvgIpc) is 2.17. The molecule has 1 aromatic heterocycles. The summed E-state index contributed by atoms with van der Waals surface area (Å²) in [6.07, 6.45) is 3.92. The first kappa shape index (κ1) is 5.81. The Kier molecular flexibility index (Phi) is 1.48. The number of rotatable bonds is 2. The van der Waals surface area contributed by atoms with Gasteiger partial charge in [0.2, 0.25) is 6.41 Å². The van der Waals surface area contributed by atoms with Crippen LogP contribution in [0.25, 0.3) is 0 Å². The van der Waals surface area contributed by atoms with Crippen LogP contribution >= 0.6 is 0 Å². The van der Waals surface area contributed by atoms with Gasteiger partial charge in [0, 0.05) is 14.7 Å². The molecule has 0 saturated carbocycles. The van der Waals surface area contributed by atoms with Crippen molar-refractivity contribution in [1.29, 1.82) is 0 Å². The van der Waals surface area contributed by atoms with Gasteiger partial charge in [-0.1, -0.05) is 0 Å². The van der Waals surface area contributed by atoms with Crippen molar-refractivity contribution in [3.05, 3.63) is 12.4 Å². The molecule has 4 nitrogen and oxygen atoms in total. The molecule has 0 radical (unpaired) electrons. The predicted octanol–water partition coefficient (Wildman–Crippen LogP) is 0.234. The number of nitrogens with one attached hydrogen (secondary N) is 1. The van der Waals surface area contributed by atoms with Crippen molar-refractivity contribution in [2.45, 2.75) is 0 Å². The van der Waals surface area contributed by atoms with Crippen molar-refractivity contribution in [2.24, 2.45) is 7.05 Å². The van der Waals surface area contributed by atoms with Crippen LogP contribution in [0.4, 0.5) is 5.69 Å². The van der Waals surface area contributed by atoms with Gasteiger partial charge in [-0.05, 0) is 0 Å². The Hall–Kier alpha value is -1.32. The molecule has 0 fully saturated rings. The minimum Gasteiger partial charge on any atom is -0.326 e. The molecule has 1 amide bonds. The summed E-state index contributed by atoms with van der Waals surface area (Å²) in [6, 6.07) is 0. The molecule has 1 aromatic rings. The van der Waals surface area contributed by atoms with E-state index in [9.17, 15) is 4.79 Å². The van der Waals surface area contributed by atoms with Crippen molar-refractivity contribution in [2.75, 3.05) is 5.32 Å². The monoisotopic (exact) mass is 127 g/mol. The summed E-state index contributed by atoms with van der Waals surface area (Å²) in [5, 5.41) is 6.29. The van der Waals surface area contributed by atoms with Crippen LogP contribution in [-0.2, 0) is 11.8 Å². The Bertz CT molecular complexity index is 210. The molecule has 50 valence electrons. The van der Waals surface area contributed by atoms with Gasteiger partial charge in [0.05, 0.1) is 11.9 Å². The second-order valence-corrected chi connectivity index (χ2v) is 1.66. The minimum absolute atomic E-state index is 0. The van der Waals surface area contributed by atoms with E-state index in [1.54, 1.807) is 24.1 Å². The van der Waals surface area contributed by atoms with Crippen LogP contribution in [0.2, 0.25) is 0 Å². The van der Waals surface area contributed by atoms with E-state index in [2.05, 4.69) is 10.4 Å². The second kappa shape index (κ2) is 2.30. The molecule has 0 bridgehead atoms. The van der Waals surface area contributed by atoms with Crippen molar-refractivity contribution in [1.82, 2.24) is 9.78 Å². The van der Waals surface area contributed by atoms with Gasteiger partial charge in [0.1, 0.15) is 0 Å². The fourth-order valence-corrected chi connectivity index (χ4v) is 0.564. The molecule has 4 heteroatoms. The molecule has 0 aliphatic carbocycles. The molecule has 0 saturated heterocycles. The summed E-state index contributed by atoms with van der Waals surface area (Å²) >= 11 is 0. The van der Waals surface area contributed by atoms with E-state index in [0.29, 0.717) is 12.1 Å². The van der Waals surface area contributed by atoms with Crippen molar-refractivity contribution < 1.29 is 6.22 Å². The quantitative estimate of drug-likeness (QED) is 0.578. The number of aromatic nitrogens is 2. The van der Waals surface area contributed by atoms with E-state index in [0.717, 1.165) is 0 Å². The predicted molar refractivity (Wildman–Crippen MR) is 35.0 cm³/mol. The largest absolute Gasteiger partial charge is 0.326 e. The van der Waals surface area contributed by atoms with Crippen molar-refractivity contribution in [3.8, 4) is 0 Å². The van der Waals surface area contributed by atoms with Crippen molar-refractivity contribution >= 4 is 12.1 Å². The Morgan fingerprint density at radius 2 is 2.78 bits per heavy atom. The van der Waals surface area contributed by atoms with Crippen LogP contribution in [0, 0.1) is 0 Å². The lowest BCUT2D eigenvalue weighted by Crippen LogP contribution is -1.90. The highest BCUT2D eigenvalue weighted by Crippen LogP contribution is 1.99. The normalized spacial score (nSPS) is 9.00. The third-order valence-corrected chi connectivity index (χ3v) is 0.930. The van der Waals surface area contributed by atoms with Gasteiger partial charge in [-0.25, -0.2) is 0 Å². The van der Waals surface area contributed by atoms with Gasteiger partial charge in [-0.3, -0.25) is 9.48 Å². The van der Waals surface area contributed by atoms with Gasteiger partial charge < -0.3 is 5.32 Å². The SMILES string of the molecule is Cn1cc(NC=O)cn1.[HH]. The molecule has 0 spiro atoms. The highest BCUT2D eigenvalue weighted by molar-refractivity contribution is 5.69. The van der Waals surface area contributed by atoms with E-state index in [1.807, 2.05) is 0 Å². The lowest BCUT2D eigenvalue weighted by atomic mass is 10.6. The number of carbonyl (C=O) groups excluding carboxylic acids is 1. The van der Waals surface area contributed by atoms with Crippen LogP contribution in [0.5, 0.6) is 0 Å². The number of hydrogen-bond acceptors (Lipinski definition) is 2. The Morgan fingerprint density at radius 1 is 2.00 bits per heavy atom. The molecule has 0 aromatic carbocycles.